The number of unbranched alkanes of at least 4 members (excludes halogenated alkanes) is 1. The van der Waals surface area contributed by atoms with E-state index in [2.05, 4.69) is 81.1 Å². The van der Waals surface area contributed by atoms with Crippen LogP contribution >= 0.6 is 0 Å². The molecule has 1 amide bonds. The molecule has 16 atom stereocenters. The molecule has 1 aromatic carbocycles. The summed E-state index contributed by atoms with van der Waals surface area (Å²) in [6.45, 7) is 18.3. The van der Waals surface area contributed by atoms with Crippen molar-refractivity contribution < 1.29 is 48.3 Å². The van der Waals surface area contributed by atoms with Crippen molar-refractivity contribution in [1.82, 2.24) is 5.32 Å². The molecule has 0 heterocycles. The normalized spacial score (nSPS) is 37.5. The van der Waals surface area contributed by atoms with Crippen LogP contribution in [-0.2, 0) is 33.3 Å². The quantitative estimate of drug-likeness (QED) is 0.0625. The van der Waals surface area contributed by atoms with Crippen molar-refractivity contribution >= 4 is 29.5 Å². The summed E-state index contributed by atoms with van der Waals surface area (Å²) in [4.78, 5) is 53.3. The van der Waals surface area contributed by atoms with Gasteiger partial charge in [0.25, 0.3) is 0 Å². The van der Waals surface area contributed by atoms with Crippen LogP contribution in [0.2, 0.25) is 0 Å². The van der Waals surface area contributed by atoms with E-state index in [-0.39, 0.29) is 94.0 Å². The number of allylic oxidation sites excluding steroid dienone is 4. The summed E-state index contributed by atoms with van der Waals surface area (Å²) < 4.78 is 23.9. The molecule has 3 N–H and O–H groups in total. The van der Waals surface area contributed by atoms with Gasteiger partial charge >= 0.3 is 18.0 Å². The molecule has 77 heavy (non-hydrogen) atoms. The van der Waals surface area contributed by atoms with E-state index in [1.807, 2.05) is 33.8 Å². The third kappa shape index (κ3) is 11.2. The van der Waals surface area contributed by atoms with Gasteiger partial charge in [0.1, 0.15) is 17.3 Å². The molecule has 0 aromatic heterocycles. The van der Waals surface area contributed by atoms with Crippen LogP contribution in [0, 0.1) is 75.4 Å². The Morgan fingerprint density at radius 3 is 2.40 bits per heavy atom. The smallest absolute Gasteiger partial charge is 0.407 e. The van der Waals surface area contributed by atoms with Gasteiger partial charge in [-0.15, -0.1) is 5.92 Å². The fourth-order valence-electron chi connectivity index (χ4n) is 18.0. The van der Waals surface area contributed by atoms with Crippen LogP contribution in [0.4, 0.5) is 10.5 Å². The van der Waals surface area contributed by atoms with E-state index in [1.165, 1.54) is 29.4 Å². The second-order valence-corrected chi connectivity index (χ2v) is 27.1. The van der Waals surface area contributed by atoms with Gasteiger partial charge in [0.05, 0.1) is 25.9 Å². The zero-order valence-electron chi connectivity index (χ0n) is 48.5. The number of methoxy groups -OCH3 is 1. The third-order valence-corrected chi connectivity index (χ3v) is 22.0. The van der Waals surface area contributed by atoms with Gasteiger partial charge in [-0.25, -0.2) is 4.79 Å². The van der Waals surface area contributed by atoms with E-state index in [9.17, 15) is 29.4 Å². The van der Waals surface area contributed by atoms with Crippen molar-refractivity contribution in [1.29, 1.82) is 0 Å². The van der Waals surface area contributed by atoms with Crippen molar-refractivity contribution in [3.05, 3.63) is 52.6 Å². The molecule has 8 aliphatic rings. The molecule has 9 rings (SSSR count). The maximum atomic E-state index is 13.9. The van der Waals surface area contributed by atoms with Gasteiger partial charge in [0.2, 0.25) is 0 Å². The third-order valence-electron chi connectivity index (χ3n) is 22.0. The highest BCUT2D eigenvalue weighted by Gasteiger charge is 2.67. The number of carbonyl (C=O) groups excluding carboxylic acids is 4. The number of alkyl carbamates (subject to hydrolysis) is 1. The number of aliphatic hydroxyl groups is 2. The van der Waals surface area contributed by atoms with E-state index in [0.29, 0.717) is 63.5 Å². The number of likely N-dealkylation sites (N-methyl/N-ethyl adjacent to an activating group) is 1. The first-order valence-corrected chi connectivity index (χ1v) is 30.0. The van der Waals surface area contributed by atoms with Crippen LogP contribution in [0.5, 0.6) is 0 Å². The van der Waals surface area contributed by atoms with E-state index in [4.69, 9.17) is 18.9 Å². The summed E-state index contributed by atoms with van der Waals surface area (Å²) in [6.07, 6.45) is 15.5. The van der Waals surface area contributed by atoms with Crippen LogP contribution in [0.15, 0.2) is 47.1 Å². The van der Waals surface area contributed by atoms with E-state index < -0.39 is 23.4 Å². The number of ether oxygens (including phenoxy) is 4. The lowest BCUT2D eigenvalue weighted by Crippen LogP contribution is -2.63. The first-order valence-electron chi connectivity index (χ1n) is 30.0. The zero-order chi connectivity index (χ0) is 55.2. The van der Waals surface area contributed by atoms with Crippen molar-refractivity contribution in [3.63, 3.8) is 0 Å². The number of ketones is 1. The van der Waals surface area contributed by atoms with Crippen molar-refractivity contribution in [2.75, 3.05) is 38.8 Å². The molecular weight excluding hydrogens is 969 g/mol. The Labute approximate surface area is 461 Å². The average molecular weight is 1060 g/mol. The van der Waals surface area contributed by atoms with Crippen LogP contribution < -0.4 is 10.2 Å². The standard InChI is InChI=1S/C65H94N2O10/c1-11-29-65(73)31-28-51-48-22-18-42-35-45(68)21-23-47(42)58(48)49(39-63(51,65)7)41-16-19-44(20-17-41)67(9)33-34-75-46-27-30-62(6)43(36-46)37-54(76-57(71)14-12-13-32-66-60(72)77-61(3,4)5)59-52-25-24-50(40(2)15-26-56(70)74-10)64(52,8)55(69)38-53(59)62/h16-17,19-20,35,40,43,46,48-55,59,69,73H,12-15,18,21-28,30-34,36-39H2,1-10H3,(H,66,72)/t40-,43+,46+,48?,49-,50-,51?,52+,53+,54-,55+,59+,62+,63+,64-,65+/m1/s1. The largest absolute Gasteiger partial charge is 0.469 e. The summed E-state index contributed by atoms with van der Waals surface area (Å²) in [5.41, 5.74) is 4.26. The number of amides is 1. The summed E-state index contributed by atoms with van der Waals surface area (Å²) >= 11 is 0. The lowest BCUT2D eigenvalue weighted by atomic mass is 9.43. The Hall–Kier alpha value is -4.18. The van der Waals surface area contributed by atoms with Crippen LogP contribution in [0.3, 0.4) is 0 Å². The van der Waals surface area contributed by atoms with E-state index in [0.717, 1.165) is 89.3 Å². The molecule has 1 aromatic rings. The monoisotopic (exact) mass is 1060 g/mol. The fourth-order valence-corrected chi connectivity index (χ4v) is 18.0. The maximum absolute atomic E-state index is 13.9. The molecule has 0 bridgehead atoms. The average Bonchev–Trinajstić information content (AvgIpc) is 4.06. The second-order valence-electron chi connectivity index (χ2n) is 27.1. The molecule has 12 nitrogen and oxygen atoms in total. The summed E-state index contributed by atoms with van der Waals surface area (Å²) in [6, 6.07) is 9.08. The molecule has 0 aliphatic heterocycles. The zero-order valence-corrected chi connectivity index (χ0v) is 48.5. The van der Waals surface area contributed by atoms with Crippen molar-refractivity contribution in [3.8, 4) is 11.8 Å². The van der Waals surface area contributed by atoms with Crippen LogP contribution in [0.1, 0.15) is 189 Å². The summed E-state index contributed by atoms with van der Waals surface area (Å²) in [5, 5.41) is 27.4. The van der Waals surface area contributed by atoms with Gasteiger partial charge in [0, 0.05) is 62.3 Å². The van der Waals surface area contributed by atoms with Crippen molar-refractivity contribution in [2.24, 2.45) is 63.6 Å². The minimum atomic E-state index is -1.01. The molecule has 6 fully saturated rings. The molecule has 0 saturated heterocycles. The lowest BCUT2D eigenvalue weighted by molar-refractivity contribution is -0.219. The first kappa shape index (κ1) is 57.5. The number of hydrogen-bond donors (Lipinski definition) is 3. The Morgan fingerprint density at radius 2 is 1.68 bits per heavy atom. The predicted octanol–water partition coefficient (Wildman–Crippen LogP) is 11.6. The van der Waals surface area contributed by atoms with Gasteiger partial charge in [0.15, 0.2) is 5.78 Å². The number of esters is 2. The Bertz CT molecular complexity index is 2480. The van der Waals surface area contributed by atoms with Gasteiger partial charge in [-0.2, -0.15) is 0 Å². The predicted molar refractivity (Wildman–Crippen MR) is 298 cm³/mol. The highest BCUT2D eigenvalue weighted by Crippen LogP contribution is 2.70. The number of benzene rings is 1. The number of fused-ring (bicyclic) bond motifs is 9. The molecule has 0 radical (unpaired) electrons. The van der Waals surface area contributed by atoms with E-state index >= 15 is 0 Å². The van der Waals surface area contributed by atoms with Gasteiger partial charge < -0.3 is 39.4 Å². The number of carbonyl (C=O) groups is 4. The number of rotatable bonds is 16. The number of aliphatic hydroxyl groups excluding tert-OH is 1. The highest BCUT2D eigenvalue weighted by atomic mass is 16.6. The highest BCUT2D eigenvalue weighted by molar-refractivity contribution is 5.93. The molecule has 12 heteroatoms. The summed E-state index contributed by atoms with van der Waals surface area (Å²) in [7, 11) is 3.57. The minimum Gasteiger partial charge on any atom is -0.469 e. The topological polar surface area (TPSA) is 161 Å². The molecule has 2 unspecified atom stereocenters. The Kier molecular flexibility index (Phi) is 17.0. The Balaban J connectivity index is 0.861. The number of nitrogens with one attached hydrogen (secondary N) is 1. The van der Waals surface area contributed by atoms with Gasteiger partial charge in [-0.3, -0.25) is 14.4 Å². The molecule has 8 aliphatic carbocycles. The minimum absolute atomic E-state index is 0.0343. The molecule has 0 spiro atoms. The second kappa shape index (κ2) is 22.8. The summed E-state index contributed by atoms with van der Waals surface area (Å²) in [5.74, 6) is 8.39. The molecular formula is C65H94N2O10. The molecule has 424 valence electrons. The SMILES string of the molecule is CC#C[C@]1(O)CCC2C3CCC4=CC(=O)CCC4=C3[C@@H](c3ccc(N(C)CCO[C@H]4CC[C@@]5(C)[C@@H](C4)C[C@@H](OC(=O)CCCCNC(=O)OC(C)(C)C)[C@@H]4[C@@H]5C[C@H](O)[C@]5(C)[C@@H]([C@H](C)CCC(=O)OC)CC[C@@H]45)cc3)C[C@@]21C. The number of hydrogen-bond acceptors (Lipinski definition) is 11. The van der Waals surface area contributed by atoms with Crippen LogP contribution in [0.25, 0.3) is 0 Å². The van der Waals surface area contributed by atoms with E-state index in [1.54, 1.807) is 0 Å². The number of anilines is 1. The first-order chi connectivity index (χ1) is 36.5. The maximum Gasteiger partial charge on any atom is 0.407 e. The fraction of sp³-hybridized carbons (Fsp3) is 0.754. The van der Waals surface area contributed by atoms with Gasteiger partial charge in [-0.1, -0.05) is 51.3 Å². The van der Waals surface area contributed by atoms with Crippen LogP contribution in [-0.4, -0.2) is 97.4 Å². The lowest BCUT2D eigenvalue weighted by Gasteiger charge is -2.64. The molecule has 6 saturated carbocycles. The van der Waals surface area contributed by atoms with Gasteiger partial charge in [-0.05, 0) is 218 Å². The Morgan fingerprint density at radius 1 is 0.909 bits per heavy atom. The number of nitrogens with zero attached hydrogens (tertiary/aromatic N) is 1. The van der Waals surface area contributed by atoms with Crippen molar-refractivity contribution in [2.45, 2.75) is 213 Å².